The topological polar surface area (TPSA) is 32.3 Å². The first kappa shape index (κ1) is 15.5. The Morgan fingerprint density at radius 2 is 2.05 bits per heavy atom. The summed E-state index contributed by atoms with van der Waals surface area (Å²) in [6.07, 6.45) is 4.56. The van der Waals surface area contributed by atoms with Crippen LogP contribution in [0.5, 0.6) is 0 Å². The van der Waals surface area contributed by atoms with Crippen LogP contribution in [-0.2, 0) is 6.42 Å². The number of carbonyl (C=O) groups is 1. The molecule has 0 aliphatic carbocycles. The lowest BCUT2D eigenvalue weighted by Crippen LogP contribution is -2.54. The number of hydrogen-bond acceptors (Lipinski definition) is 2. The SMILES string of the molecule is Cc1ccc2c(c1)CCC(C)(CN1CCC(C)CC1)NC2=O. The van der Waals surface area contributed by atoms with E-state index in [9.17, 15) is 4.79 Å². The van der Waals surface area contributed by atoms with E-state index < -0.39 is 0 Å². The van der Waals surface area contributed by atoms with E-state index in [4.69, 9.17) is 0 Å². The number of carbonyl (C=O) groups excluding carboxylic acids is 1. The summed E-state index contributed by atoms with van der Waals surface area (Å²) in [6.45, 7) is 9.94. The third-order valence-electron chi connectivity index (χ3n) is 5.32. The average molecular weight is 300 g/mol. The Morgan fingerprint density at radius 1 is 1.32 bits per heavy atom. The first-order valence-electron chi connectivity index (χ1n) is 8.60. The van der Waals surface area contributed by atoms with Gasteiger partial charge in [-0.15, -0.1) is 0 Å². The van der Waals surface area contributed by atoms with Gasteiger partial charge in [-0.1, -0.05) is 24.6 Å². The fourth-order valence-corrected chi connectivity index (χ4v) is 3.80. The van der Waals surface area contributed by atoms with Crippen LogP contribution in [0.15, 0.2) is 18.2 Å². The van der Waals surface area contributed by atoms with E-state index >= 15 is 0 Å². The van der Waals surface area contributed by atoms with Crippen LogP contribution >= 0.6 is 0 Å². The lowest BCUT2D eigenvalue weighted by Gasteiger charge is -2.38. The molecule has 1 fully saturated rings. The van der Waals surface area contributed by atoms with Crippen molar-refractivity contribution in [3.05, 3.63) is 34.9 Å². The molecule has 1 unspecified atom stereocenters. The molecule has 120 valence electrons. The Labute approximate surface area is 134 Å². The molecule has 0 aromatic heterocycles. The van der Waals surface area contributed by atoms with Gasteiger partial charge in [-0.3, -0.25) is 4.79 Å². The van der Waals surface area contributed by atoms with E-state index in [1.807, 2.05) is 12.1 Å². The van der Waals surface area contributed by atoms with E-state index in [1.165, 1.54) is 37.1 Å². The standard InChI is InChI=1S/C19H28N2O/c1-14-7-10-21(11-8-14)13-19(3)9-6-16-12-15(2)4-5-17(16)18(22)20-19/h4-5,12,14H,6-11,13H2,1-3H3,(H,20,22). The Hall–Kier alpha value is -1.35. The van der Waals surface area contributed by atoms with Crippen molar-refractivity contribution in [3.63, 3.8) is 0 Å². The first-order valence-corrected chi connectivity index (χ1v) is 8.60. The van der Waals surface area contributed by atoms with Crippen LogP contribution in [0.3, 0.4) is 0 Å². The zero-order valence-electron chi connectivity index (χ0n) is 14.1. The van der Waals surface area contributed by atoms with Crippen molar-refractivity contribution < 1.29 is 4.79 Å². The van der Waals surface area contributed by atoms with Crippen LogP contribution < -0.4 is 5.32 Å². The second kappa shape index (κ2) is 6.04. The van der Waals surface area contributed by atoms with E-state index in [2.05, 4.69) is 37.1 Å². The molecule has 0 spiro atoms. The fourth-order valence-electron chi connectivity index (χ4n) is 3.80. The van der Waals surface area contributed by atoms with Gasteiger partial charge in [-0.05, 0) is 70.2 Å². The Kier molecular flexibility index (Phi) is 4.26. The van der Waals surface area contributed by atoms with Crippen molar-refractivity contribution in [1.29, 1.82) is 0 Å². The number of nitrogens with zero attached hydrogens (tertiary/aromatic N) is 1. The molecule has 0 bridgehead atoms. The molecular weight excluding hydrogens is 272 g/mol. The summed E-state index contributed by atoms with van der Waals surface area (Å²) in [5, 5.41) is 3.31. The van der Waals surface area contributed by atoms with Crippen molar-refractivity contribution in [3.8, 4) is 0 Å². The van der Waals surface area contributed by atoms with Crippen LogP contribution in [-0.4, -0.2) is 36.0 Å². The number of rotatable bonds is 2. The fraction of sp³-hybridized carbons (Fsp3) is 0.632. The van der Waals surface area contributed by atoms with Crippen molar-refractivity contribution in [1.82, 2.24) is 10.2 Å². The summed E-state index contributed by atoms with van der Waals surface area (Å²) in [5.41, 5.74) is 3.18. The van der Waals surface area contributed by atoms with Gasteiger partial charge in [0.05, 0.1) is 5.54 Å². The summed E-state index contributed by atoms with van der Waals surface area (Å²) in [5.74, 6) is 0.945. The molecule has 2 heterocycles. The molecule has 3 heteroatoms. The van der Waals surface area contributed by atoms with Gasteiger partial charge in [0, 0.05) is 12.1 Å². The van der Waals surface area contributed by atoms with Crippen LogP contribution in [0.4, 0.5) is 0 Å². The van der Waals surface area contributed by atoms with Gasteiger partial charge >= 0.3 is 0 Å². The van der Waals surface area contributed by atoms with Gasteiger partial charge in [0.25, 0.3) is 5.91 Å². The lowest BCUT2D eigenvalue weighted by atomic mass is 9.91. The molecule has 3 rings (SSSR count). The number of piperidine rings is 1. The van der Waals surface area contributed by atoms with Crippen LogP contribution in [0.25, 0.3) is 0 Å². The van der Waals surface area contributed by atoms with Crippen molar-refractivity contribution in [2.75, 3.05) is 19.6 Å². The normalized spacial score (nSPS) is 27.1. The number of aryl methyl sites for hydroxylation is 2. The van der Waals surface area contributed by atoms with Crippen molar-refractivity contribution in [2.24, 2.45) is 5.92 Å². The van der Waals surface area contributed by atoms with Crippen LogP contribution in [0.2, 0.25) is 0 Å². The van der Waals surface area contributed by atoms with E-state index in [-0.39, 0.29) is 11.4 Å². The van der Waals surface area contributed by atoms with Gasteiger partial charge in [0.1, 0.15) is 0 Å². The highest BCUT2D eigenvalue weighted by Crippen LogP contribution is 2.26. The first-order chi connectivity index (χ1) is 10.5. The molecule has 2 aliphatic rings. The van der Waals surface area contributed by atoms with Crippen molar-refractivity contribution in [2.45, 2.75) is 52.0 Å². The molecule has 3 nitrogen and oxygen atoms in total. The quantitative estimate of drug-likeness (QED) is 0.910. The molecule has 0 radical (unpaired) electrons. The minimum atomic E-state index is -0.120. The summed E-state index contributed by atoms with van der Waals surface area (Å²) < 4.78 is 0. The van der Waals surface area contributed by atoms with Crippen LogP contribution in [0.1, 0.15) is 54.6 Å². The highest BCUT2D eigenvalue weighted by Gasteiger charge is 2.33. The molecule has 22 heavy (non-hydrogen) atoms. The number of hydrogen-bond donors (Lipinski definition) is 1. The predicted molar refractivity (Wildman–Crippen MR) is 90.2 cm³/mol. The Balaban J connectivity index is 1.72. The minimum absolute atomic E-state index is 0.0976. The monoisotopic (exact) mass is 300 g/mol. The third kappa shape index (κ3) is 3.35. The second-order valence-corrected chi connectivity index (χ2v) is 7.63. The van der Waals surface area contributed by atoms with E-state index in [0.29, 0.717) is 0 Å². The zero-order valence-corrected chi connectivity index (χ0v) is 14.1. The summed E-state index contributed by atoms with van der Waals surface area (Å²) in [7, 11) is 0. The molecule has 2 aliphatic heterocycles. The maximum atomic E-state index is 12.6. The van der Waals surface area contributed by atoms with Gasteiger partial charge in [0.2, 0.25) is 0 Å². The number of benzene rings is 1. The maximum Gasteiger partial charge on any atom is 0.252 e. The maximum absolute atomic E-state index is 12.6. The second-order valence-electron chi connectivity index (χ2n) is 7.63. The highest BCUT2D eigenvalue weighted by molar-refractivity contribution is 5.96. The minimum Gasteiger partial charge on any atom is -0.346 e. The van der Waals surface area contributed by atoms with Gasteiger partial charge in [-0.2, -0.15) is 0 Å². The third-order valence-corrected chi connectivity index (χ3v) is 5.32. The average Bonchev–Trinajstić information content (AvgIpc) is 2.59. The molecule has 1 amide bonds. The molecular formula is C19H28N2O. The molecule has 1 aromatic carbocycles. The van der Waals surface area contributed by atoms with Gasteiger partial charge < -0.3 is 10.2 Å². The molecule has 1 atom stereocenters. The Bertz CT molecular complexity index is 561. The number of amides is 1. The summed E-state index contributed by atoms with van der Waals surface area (Å²) >= 11 is 0. The number of fused-ring (bicyclic) bond motifs is 1. The smallest absolute Gasteiger partial charge is 0.252 e. The summed E-state index contributed by atoms with van der Waals surface area (Å²) in [4.78, 5) is 15.1. The number of nitrogens with one attached hydrogen (secondary N) is 1. The van der Waals surface area contributed by atoms with Gasteiger partial charge in [0.15, 0.2) is 0 Å². The summed E-state index contributed by atoms with van der Waals surface area (Å²) in [6, 6.07) is 6.19. The predicted octanol–water partition coefficient (Wildman–Crippen LogP) is 3.16. The largest absolute Gasteiger partial charge is 0.346 e. The van der Waals surface area contributed by atoms with Crippen LogP contribution in [0, 0.1) is 12.8 Å². The van der Waals surface area contributed by atoms with E-state index in [1.54, 1.807) is 0 Å². The molecule has 1 N–H and O–H groups in total. The number of likely N-dealkylation sites (tertiary alicyclic amines) is 1. The van der Waals surface area contributed by atoms with E-state index in [0.717, 1.165) is 30.9 Å². The molecule has 1 saturated heterocycles. The van der Waals surface area contributed by atoms with Gasteiger partial charge in [-0.25, -0.2) is 0 Å². The zero-order chi connectivity index (χ0) is 15.7. The lowest BCUT2D eigenvalue weighted by molar-refractivity contribution is 0.0852. The molecule has 1 aromatic rings. The highest BCUT2D eigenvalue weighted by atomic mass is 16.1. The van der Waals surface area contributed by atoms with Crippen molar-refractivity contribution >= 4 is 5.91 Å². The Morgan fingerprint density at radius 3 is 2.77 bits per heavy atom. The molecule has 0 saturated carbocycles.